The van der Waals surface area contributed by atoms with E-state index in [0.29, 0.717) is 12.1 Å². The average Bonchev–Trinajstić information content (AvgIpc) is 3.16. The molecule has 2 aromatic carbocycles. The van der Waals surface area contributed by atoms with E-state index in [-0.39, 0.29) is 11.7 Å². The van der Waals surface area contributed by atoms with Crippen molar-refractivity contribution in [2.24, 2.45) is 0 Å². The van der Waals surface area contributed by atoms with Crippen molar-refractivity contribution in [3.8, 4) is 5.75 Å². The van der Waals surface area contributed by atoms with Crippen molar-refractivity contribution in [3.63, 3.8) is 0 Å². The van der Waals surface area contributed by atoms with Crippen molar-refractivity contribution in [3.05, 3.63) is 54.3 Å². The summed E-state index contributed by atoms with van der Waals surface area (Å²) in [6.45, 7) is 4.00. The highest BCUT2D eigenvalue weighted by atomic mass is 19.1. The molecular formula is C20H23FN2O2. The quantitative estimate of drug-likeness (QED) is 0.854. The minimum absolute atomic E-state index is 0.0916. The molecule has 0 aromatic heterocycles. The largest absolute Gasteiger partial charge is 0.478 e. The molecule has 4 nitrogen and oxygen atoms in total. The third-order valence-electron chi connectivity index (χ3n) is 4.38. The van der Waals surface area contributed by atoms with Crippen molar-refractivity contribution < 1.29 is 13.9 Å². The summed E-state index contributed by atoms with van der Waals surface area (Å²) < 4.78 is 19.2. The van der Waals surface area contributed by atoms with Crippen molar-refractivity contribution >= 4 is 17.3 Å². The van der Waals surface area contributed by atoms with Gasteiger partial charge < -0.3 is 15.0 Å². The minimum Gasteiger partial charge on any atom is -0.478 e. The zero-order chi connectivity index (χ0) is 17.6. The van der Waals surface area contributed by atoms with Gasteiger partial charge in [-0.2, -0.15) is 0 Å². The highest BCUT2D eigenvalue weighted by molar-refractivity contribution is 5.94. The lowest BCUT2D eigenvalue weighted by molar-refractivity contribution is -0.122. The van der Waals surface area contributed by atoms with Crippen LogP contribution in [0, 0.1) is 5.82 Å². The van der Waals surface area contributed by atoms with Crippen molar-refractivity contribution in [2.75, 3.05) is 23.3 Å². The lowest BCUT2D eigenvalue weighted by atomic mass is 10.2. The third kappa shape index (κ3) is 4.29. The van der Waals surface area contributed by atoms with E-state index in [9.17, 15) is 9.18 Å². The molecule has 5 heteroatoms. The van der Waals surface area contributed by atoms with Gasteiger partial charge in [-0.05, 0) is 55.7 Å². The summed E-state index contributed by atoms with van der Waals surface area (Å²) in [6.07, 6.45) is 2.16. The second-order valence-corrected chi connectivity index (χ2v) is 6.18. The lowest BCUT2D eigenvalue weighted by Crippen LogP contribution is -2.32. The standard InChI is InChI=1S/C20H23FN2O2/c1-2-18(25-19-8-4-3-7-17(19)21)20(24)22-15-9-11-16(12-10-15)23-13-5-6-14-23/h3-4,7-12,18H,2,5-6,13-14H2,1H3,(H,22,24). The van der Waals surface area contributed by atoms with Crippen molar-refractivity contribution in [1.82, 2.24) is 0 Å². The first-order valence-electron chi connectivity index (χ1n) is 8.74. The number of hydrogen-bond donors (Lipinski definition) is 1. The molecule has 1 N–H and O–H groups in total. The van der Waals surface area contributed by atoms with Gasteiger partial charge >= 0.3 is 0 Å². The Labute approximate surface area is 147 Å². The van der Waals surface area contributed by atoms with Gasteiger partial charge in [-0.3, -0.25) is 4.79 Å². The molecule has 1 amide bonds. The van der Waals surface area contributed by atoms with E-state index in [1.165, 1.54) is 30.7 Å². The SMILES string of the molecule is CCC(Oc1ccccc1F)C(=O)Nc1ccc(N2CCCC2)cc1. The Morgan fingerprint density at radius 2 is 1.84 bits per heavy atom. The summed E-state index contributed by atoms with van der Waals surface area (Å²) in [5.74, 6) is -0.655. The zero-order valence-electron chi connectivity index (χ0n) is 14.4. The van der Waals surface area contributed by atoms with Crippen molar-refractivity contribution in [2.45, 2.75) is 32.3 Å². The van der Waals surface area contributed by atoms with Crippen LogP contribution in [0.2, 0.25) is 0 Å². The van der Waals surface area contributed by atoms with E-state index >= 15 is 0 Å². The predicted octanol–water partition coefficient (Wildman–Crippen LogP) is 4.22. The van der Waals surface area contributed by atoms with E-state index in [1.54, 1.807) is 12.1 Å². The van der Waals surface area contributed by atoms with Crippen molar-refractivity contribution in [1.29, 1.82) is 0 Å². The summed E-state index contributed by atoms with van der Waals surface area (Å²) in [4.78, 5) is 14.8. The first-order valence-corrected chi connectivity index (χ1v) is 8.74. The van der Waals surface area contributed by atoms with Gasteiger partial charge in [0.15, 0.2) is 17.7 Å². The first kappa shape index (κ1) is 17.3. The van der Waals surface area contributed by atoms with E-state index in [2.05, 4.69) is 10.2 Å². The maximum Gasteiger partial charge on any atom is 0.265 e. The Bertz CT molecular complexity index is 712. The summed E-state index contributed by atoms with van der Waals surface area (Å²) in [6, 6.07) is 13.9. The number of para-hydroxylation sites is 1. The van der Waals surface area contributed by atoms with E-state index in [4.69, 9.17) is 4.74 Å². The molecule has 0 bridgehead atoms. The number of ether oxygens (including phenoxy) is 1. The van der Waals surface area contributed by atoms with Crippen LogP contribution in [0.3, 0.4) is 0 Å². The normalized spacial score (nSPS) is 15.0. The molecule has 1 unspecified atom stereocenters. The average molecular weight is 342 g/mol. The zero-order valence-corrected chi connectivity index (χ0v) is 14.4. The molecule has 0 aliphatic carbocycles. The fraction of sp³-hybridized carbons (Fsp3) is 0.350. The predicted molar refractivity (Wildman–Crippen MR) is 97.6 cm³/mol. The number of nitrogens with one attached hydrogen (secondary N) is 1. The van der Waals surface area contributed by atoms with Gasteiger partial charge in [0.2, 0.25) is 0 Å². The number of amides is 1. The number of benzene rings is 2. The van der Waals surface area contributed by atoms with Crippen LogP contribution >= 0.6 is 0 Å². The number of carbonyl (C=O) groups is 1. The molecule has 2 aromatic rings. The van der Waals surface area contributed by atoms with Crippen LogP contribution < -0.4 is 15.0 Å². The summed E-state index contributed by atoms with van der Waals surface area (Å²) in [5.41, 5.74) is 1.88. The van der Waals surface area contributed by atoms with Crippen LogP contribution in [-0.2, 0) is 4.79 Å². The first-order chi connectivity index (χ1) is 12.2. The fourth-order valence-electron chi connectivity index (χ4n) is 2.97. The highest BCUT2D eigenvalue weighted by Crippen LogP contribution is 2.23. The monoisotopic (exact) mass is 342 g/mol. The number of hydrogen-bond acceptors (Lipinski definition) is 3. The second kappa shape index (κ2) is 8.01. The molecular weight excluding hydrogens is 319 g/mol. The molecule has 3 rings (SSSR count). The van der Waals surface area contributed by atoms with E-state index < -0.39 is 11.9 Å². The summed E-state index contributed by atoms with van der Waals surface area (Å²) in [5, 5.41) is 2.85. The van der Waals surface area contributed by atoms with Gasteiger partial charge in [0, 0.05) is 24.5 Å². The fourth-order valence-corrected chi connectivity index (χ4v) is 2.97. The van der Waals surface area contributed by atoms with Crippen LogP contribution in [0.5, 0.6) is 5.75 Å². The van der Waals surface area contributed by atoms with Gasteiger partial charge in [0.1, 0.15) is 0 Å². The molecule has 1 fully saturated rings. The molecule has 0 radical (unpaired) electrons. The van der Waals surface area contributed by atoms with Crippen LogP contribution in [0.4, 0.5) is 15.8 Å². The van der Waals surface area contributed by atoms with Crippen LogP contribution in [-0.4, -0.2) is 25.1 Å². The number of nitrogens with zero attached hydrogens (tertiary/aromatic N) is 1. The van der Waals surface area contributed by atoms with Gasteiger partial charge in [-0.1, -0.05) is 19.1 Å². The molecule has 0 saturated carbocycles. The maximum atomic E-state index is 13.7. The second-order valence-electron chi connectivity index (χ2n) is 6.18. The molecule has 25 heavy (non-hydrogen) atoms. The lowest BCUT2D eigenvalue weighted by Gasteiger charge is -2.19. The Kier molecular flexibility index (Phi) is 5.53. The van der Waals surface area contributed by atoms with E-state index in [1.807, 2.05) is 31.2 Å². The van der Waals surface area contributed by atoms with E-state index in [0.717, 1.165) is 13.1 Å². The highest BCUT2D eigenvalue weighted by Gasteiger charge is 2.20. The van der Waals surface area contributed by atoms with Crippen LogP contribution in [0.25, 0.3) is 0 Å². The number of anilines is 2. The molecule has 1 aliphatic heterocycles. The molecule has 0 spiro atoms. The Hall–Kier alpha value is -2.56. The minimum atomic E-state index is -0.741. The molecule has 1 saturated heterocycles. The van der Waals surface area contributed by atoms with Gasteiger partial charge in [-0.25, -0.2) is 4.39 Å². The molecule has 1 heterocycles. The maximum absolute atomic E-state index is 13.7. The molecule has 1 atom stereocenters. The van der Waals surface area contributed by atoms with Gasteiger partial charge in [0.25, 0.3) is 5.91 Å². The Morgan fingerprint density at radius 3 is 2.48 bits per heavy atom. The number of rotatable bonds is 6. The Morgan fingerprint density at radius 1 is 1.16 bits per heavy atom. The topological polar surface area (TPSA) is 41.6 Å². The van der Waals surface area contributed by atoms with Gasteiger partial charge in [0.05, 0.1) is 0 Å². The van der Waals surface area contributed by atoms with Gasteiger partial charge in [-0.15, -0.1) is 0 Å². The Balaban J connectivity index is 1.62. The smallest absolute Gasteiger partial charge is 0.265 e. The molecule has 1 aliphatic rings. The molecule has 132 valence electrons. The third-order valence-corrected chi connectivity index (χ3v) is 4.38. The number of carbonyl (C=O) groups excluding carboxylic acids is 1. The summed E-state index contributed by atoms with van der Waals surface area (Å²) >= 11 is 0. The summed E-state index contributed by atoms with van der Waals surface area (Å²) in [7, 11) is 0. The number of halogens is 1. The van der Waals surface area contributed by atoms with Crippen LogP contribution in [0.1, 0.15) is 26.2 Å². The van der Waals surface area contributed by atoms with Crippen LogP contribution in [0.15, 0.2) is 48.5 Å².